The molecule has 3 atom stereocenters. The lowest BCUT2D eigenvalue weighted by molar-refractivity contribution is -0.510. The summed E-state index contributed by atoms with van der Waals surface area (Å²) in [7, 11) is 0. The van der Waals surface area contributed by atoms with E-state index >= 15 is 0 Å². The van der Waals surface area contributed by atoms with Crippen LogP contribution in [-0.2, 0) is 14.6 Å². The molecular weight excluding hydrogens is 220 g/mol. The summed E-state index contributed by atoms with van der Waals surface area (Å²) < 4.78 is 0. The molecule has 0 aromatic carbocycles. The van der Waals surface area contributed by atoms with E-state index < -0.39 is 11.6 Å². The highest BCUT2D eigenvalue weighted by molar-refractivity contribution is 5.79. The molecule has 1 rings (SSSR count). The Balaban J connectivity index is 2.95. The van der Waals surface area contributed by atoms with Crippen molar-refractivity contribution in [3.8, 4) is 0 Å². The maximum atomic E-state index is 11.4. The highest BCUT2D eigenvalue weighted by Gasteiger charge is 2.61. The van der Waals surface area contributed by atoms with Crippen molar-refractivity contribution in [1.82, 2.24) is 0 Å². The number of carbonyl (C=O) groups is 1. The van der Waals surface area contributed by atoms with Crippen LogP contribution in [0.25, 0.3) is 0 Å². The van der Waals surface area contributed by atoms with Gasteiger partial charge in [0.2, 0.25) is 5.60 Å². The van der Waals surface area contributed by atoms with Gasteiger partial charge in [-0.15, -0.1) is 0 Å². The number of aliphatic carboxylic acids is 1. The van der Waals surface area contributed by atoms with Gasteiger partial charge in [0.1, 0.15) is 6.10 Å². The molecule has 4 heteroatoms. The van der Waals surface area contributed by atoms with Gasteiger partial charge in [0.15, 0.2) is 0 Å². The molecule has 4 nitrogen and oxygen atoms in total. The molecular formula is C13H24O4. The van der Waals surface area contributed by atoms with Crippen LogP contribution in [0.5, 0.6) is 0 Å². The first-order valence-corrected chi connectivity index (χ1v) is 6.43. The number of hydrogen-bond acceptors (Lipinski definition) is 3. The second kappa shape index (κ2) is 4.94. The van der Waals surface area contributed by atoms with Crippen molar-refractivity contribution in [2.24, 2.45) is 11.3 Å². The Morgan fingerprint density at radius 1 is 1.41 bits per heavy atom. The molecule has 0 radical (unpaired) electrons. The highest BCUT2D eigenvalue weighted by atomic mass is 17.3. The predicted octanol–water partition coefficient (Wildman–Crippen LogP) is 3.01. The molecule has 100 valence electrons. The van der Waals surface area contributed by atoms with Crippen molar-refractivity contribution in [3.63, 3.8) is 0 Å². The van der Waals surface area contributed by atoms with Crippen molar-refractivity contribution in [2.45, 2.75) is 65.6 Å². The van der Waals surface area contributed by atoms with E-state index in [1.807, 2.05) is 6.92 Å². The number of hydrogen-bond donors (Lipinski definition) is 1. The lowest BCUT2D eigenvalue weighted by Crippen LogP contribution is -2.65. The molecule has 1 fully saturated rings. The van der Waals surface area contributed by atoms with E-state index in [1.54, 1.807) is 0 Å². The highest BCUT2D eigenvalue weighted by Crippen LogP contribution is 2.47. The van der Waals surface area contributed by atoms with E-state index in [9.17, 15) is 9.90 Å². The predicted molar refractivity (Wildman–Crippen MR) is 64.5 cm³/mol. The van der Waals surface area contributed by atoms with Gasteiger partial charge in [0, 0.05) is 0 Å². The van der Waals surface area contributed by atoms with Gasteiger partial charge in [-0.1, -0.05) is 47.5 Å². The first-order chi connectivity index (χ1) is 7.85. The second-order valence-electron chi connectivity index (χ2n) is 5.51. The second-order valence-corrected chi connectivity index (χ2v) is 5.51. The number of carboxylic acid groups (broad SMARTS) is 1. The summed E-state index contributed by atoms with van der Waals surface area (Å²) in [6.45, 7) is 10.3. The van der Waals surface area contributed by atoms with Gasteiger partial charge in [-0.25, -0.2) is 14.6 Å². The Labute approximate surface area is 103 Å². The Morgan fingerprint density at radius 2 is 2.00 bits per heavy atom. The molecule has 0 bridgehead atoms. The van der Waals surface area contributed by atoms with Crippen molar-refractivity contribution in [3.05, 3.63) is 0 Å². The van der Waals surface area contributed by atoms with Crippen molar-refractivity contribution < 1.29 is 19.7 Å². The Kier molecular flexibility index (Phi) is 4.20. The van der Waals surface area contributed by atoms with Crippen LogP contribution in [0, 0.1) is 11.3 Å². The quantitative estimate of drug-likeness (QED) is 0.730. The van der Waals surface area contributed by atoms with E-state index in [0.717, 1.165) is 12.8 Å². The summed E-state index contributed by atoms with van der Waals surface area (Å²) >= 11 is 0. The normalized spacial score (nSPS) is 30.8. The van der Waals surface area contributed by atoms with Crippen LogP contribution in [0.2, 0.25) is 0 Å². The fourth-order valence-electron chi connectivity index (χ4n) is 2.62. The maximum Gasteiger partial charge on any atom is 0.342 e. The molecule has 1 heterocycles. The zero-order valence-electron chi connectivity index (χ0n) is 11.4. The molecule has 0 amide bonds. The zero-order valence-corrected chi connectivity index (χ0v) is 11.4. The van der Waals surface area contributed by atoms with E-state index in [-0.39, 0.29) is 17.4 Å². The molecule has 0 aromatic rings. The fourth-order valence-corrected chi connectivity index (χ4v) is 2.62. The summed E-state index contributed by atoms with van der Waals surface area (Å²) in [6, 6.07) is 0. The minimum atomic E-state index is -1.15. The third-order valence-corrected chi connectivity index (χ3v) is 4.37. The molecule has 0 aliphatic carbocycles. The average molecular weight is 244 g/mol. The molecule has 0 aromatic heterocycles. The molecule has 1 N–H and O–H groups in total. The van der Waals surface area contributed by atoms with Crippen molar-refractivity contribution in [1.29, 1.82) is 0 Å². The smallest absolute Gasteiger partial charge is 0.342 e. The summed E-state index contributed by atoms with van der Waals surface area (Å²) in [6.07, 6.45) is 1.97. The van der Waals surface area contributed by atoms with Crippen molar-refractivity contribution in [2.75, 3.05) is 0 Å². The largest absolute Gasteiger partial charge is 0.479 e. The molecule has 0 saturated carbocycles. The van der Waals surface area contributed by atoms with Gasteiger partial charge < -0.3 is 5.11 Å². The van der Waals surface area contributed by atoms with Crippen LogP contribution in [0.1, 0.15) is 53.9 Å². The molecule has 1 aliphatic rings. The van der Waals surface area contributed by atoms with E-state index in [1.165, 1.54) is 0 Å². The summed E-state index contributed by atoms with van der Waals surface area (Å²) in [4.78, 5) is 21.5. The average Bonchev–Trinajstić information content (AvgIpc) is 2.24. The maximum absolute atomic E-state index is 11.4. The summed E-state index contributed by atoms with van der Waals surface area (Å²) in [5.74, 6) is -0.723. The number of rotatable bonds is 6. The number of carboxylic acids is 1. The fraction of sp³-hybridized carbons (Fsp3) is 0.923. The monoisotopic (exact) mass is 244 g/mol. The third kappa shape index (κ3) is 2.20. The van der Waals surface area contributed by atoms with E-state index in [0.29, 0.717) is 6.42 Å². The molecule has 17 heavy (non-hydrogen) atoms. The zero-order chi connectivity index (χ0) is 13.3. The molecule has 3 unspecified atom stereocenters. The van der Waals surface area contributed by atoms with Crippen LogP contribution < -0.4 is 0 Å². The summed E-state index contributed by atoms with van der Waals surface area (Å²) in [5, 5.41) is 9.33. The Hall–Kier alpha value is -0.610. The minimum Gasteiger partial charge on any atom is -0.479 e. The molecule has 1 saturated heterocycles. The third-order valence-electron chi connectivity index (χ3n) is 4.37. The van der Waals surface area contributed by atoms with Crippen LogP contribution >= 0.6 is 0 Å². The van der Waals surface area contributed by atoms with E-state index in [4.69, 9.17) is 9.78 Å². The van der Waals surface area contributed by atoms with Crippen LogP contribution in [0.3, 0.4) is 0 Å². The van der Waals surface area contributed by atoms with Crippen LogP contribution in [0.15, 0.2) is 0 Å². The van der Waals surface area contributed by atoms with Gasteiger partial charge >= 0.3 is 5.97 Å². The van der Waals surface area contributed by atoms with Gasteiger partial charge in [-0.2, -0.15) is 0 Å². The van der Waals surface area contributed by atoms with Gasteiger partial charge in [-0.05, 0) is 17.8 Å². The molecule has 1 aliphatic heterocycles. The lowest BCUT2D eigenvalue weighted by Gasteiger charge is -2.50. The van der Waals surface area contributed by atoms with Gasteiger partial charge in [0.05, 0.1) is 0 Å². The Morgan fingerprint density at radius 3 is 2.24 bits per heavy atom. The first kappa shape index (κ1) is 14.5. The van der Waals surface area contributed by atoms with Crippen molar-refractivity contribution >= 4 is 5.97 Å². The standard InChI is InChI=1S/C13H24O4/c1-6-9(12(4,5)7-2)10-13(8-3,11(14)15)17-16-10/h9-10H,6-8H2,1-5H3,(H,14,15). The van der Waals surface area contributed by atoms with Gasteiger partial charge in [-0.3, -0.25) is 0 Å². The molecule has 0 spiro atoms. The Bertz CT molecular complexity index is 283. The van der Waals surface area contributed by atoms with Gasteiger partial charge in [0.25, 0.3) is 0 Å². The first-order valence-electron chi connectivity index (χ1n) is 6.43. The van der Waals surface area contributed by atoms with Crippen LogP contribution in [0.4, 0.5) is 0 Å². The summed E-state index contributed by atoms with van der Waals surface area (Å²) in [5.41, 5.74) is -1.09. The lowest BCUT2D eigenvalue weighted by atomic mass is 9.67. The van der Waals surface area contributed by atoms with Crippen LogP contribution in [-0.4, -0.2) is 22.8 Å². The van der Waals surface area contributed by atoms with E-state index in [2.05, 4.69) is 27.7 Å². The SMILES string of the molecule is CCC(C1OOC1(CC)C(=O)O)C(C)(C)CC. The minimum absolute atomic E-state index is 0.0546. The topological polar surface area (TPSA) is 55.8 Å².